The van der Waals surface area contributed by atoms with E-state index in [1.54, 1.807) is 6.20 Å². The average Bonchev–Trinajstić information content (AvgIpc) is 3.49. The van der Waals surface area contributed by atoms with Crippen LogP contribution < -0.4 is 24.6 Å². The number of hydrogen-bond donors (Lipinski definition) is 4. The third kappa shape index (κ3) is 13.6. The van der Waals surface area contributed by atoms with E-state index in [0.29, 0.717) is 48.5 Å². The molecule has 13 nitrogen and oxygen atoms in total. The Hall–Kier alpha value is -3.78. The second-order valence-corrected chi connectivity index (χ2v) is 18.1. The van der Waals surface area contributed by atoms with Crippen LogP contribution in [-0.4, -0.2) is 64.3 Å². The first-order valence-electron chi connectivity index (χ1n) is 18.6. The van der Waals surface area contributed by atoms with Crippen LogP contribution in [0.1, 0.15) is 91.2 Å². The molecule has 2 aromatic heterocycles. The zero-order chi connectivity index (χ0) is 42.2. The van der Waals surface area contributed by atoms with Crippen LogP contribution in [-0.2, 0) is 20.4 Å². The van der Waals surface area contributed by atoms with E-state index in [0.717, 1.165) is 69.9 Å². The minimum Gasteiger partial charge on any atom is -0.370 e. The first kappa shape index (κ1) is 48.6. The average molecular weight is 883 g/mol. The molecule has 1 saturated carbocycles. The number of nitriles is 2. The Bertz CT molecular complexity index is 2400. The van der Waals surface area contributed by atoms with Crippen molar-refractivity contribution in [3.8, 4) is 12.1 Å². The van der Waals surface area contributed by atoms with E-state index >= 15 is 4.39 Å². The van der Waals surface area contributed by atoms with Gasteiger partial charge in [-0.3, -0.25) is 9.97 Å². The van der Waals surface area contributed by atoms with E-state index in [4.69, 9.17) is 27.1 Å². The molecule has 0 bridgehead atoms. The molecule has 6 rings (SSSR count). The van der Waals surface area contributed by atoms with E-state index in [2.05, 4.69) is 20.8 Å². The summed E-state index contributed by atoms with van der Waals surface area (Å²) < 4.78 is 76.7. The van der Waals surface area contributed by atoms with Gasteiger partial charge in [0.05, 0.1) is 32.9 Å². The molecular formula is C39H51Cl2F2N9O4S2. The molecule has 6 N–H and O–H groups in total. The van der Waals surface area contributed by atoms with Crippen LogP contribution in [0.2, 0.25) is 5.02 Å². The molecule has 1 aliphatic carbocycles. The van der Waals surface area contributed by atoms with Gasteiger partial charge in [-0.25, -0.2) is 19.1 Å². The molecule has 2 aromatic carbocycles. The van der Waals surface area contributed by atoms with Crippen LogP contribution in [0, 0.1) is 50.4 Å². The number of anilines is 1. The Morgan fingerprint density at radius 3 is 1.64 bits per heavy atom. The smallest absolute Gasteiger partial charge is 0.274 e. The van der Waals surface area contributed by atoms with Gasteiger partial charge in [-0.05, 0) is 99.9 Å². The summed E-state index contributed by atoms with van der Waals surface area (Å²) in [7, 11) is -7.71. The number of hydrogen-bond acceptors (Lipinski definition) is 9. The van der Waals surface area contributed by atoms with E-state index in [1.807, 2.05) is 67.7 Å². The molecule has 58 heavy (non-hydrogen) atoms. The molecule has 1 atom stereocenters. The fourth-order valence-electron chi connectivity index (χ4n) is 6.92. The fourth-order valence-corrected chi connectivity index (χ4v) is 8.08. The van der Waals surface area contributed by atoms with Crippen molar-refractivity contribution in [2.75, 3.05) is 31.1 Å². The van der Waals surface area contributed by atoms with E-state index < -0.39 is 31.8 Å². The van der Waals surface area contributed by atoms with Gasteiger partial charge in [0.2, 0.25) is 0 Å². The lowest BCUT2D eigenvalue weighted by atomic mass is 9.97. The van der Waals surface area contributed by atoms with Crippen LogP contribution in [0.4, 0.5) is 14.5 Å². The lowest BCUT2D eigenvalue weighted by Gasteiger charge is -2.27. The first-order valence-corrected chi connectivity index (χ1v) is 22.1. The van der Waals surface area contributed by atoms with Crippen LogP contribution in [0.25, 0.3) is 21.8 Å². The second-order valence-electron chi connectivity index (χ2n) is 14.9. The zero-order valence-corrected chi connectivity index (χ0v) is 36.2. The Morgan fingerprint density at radius 2 is 1.14 bits per heavy atom. The van der Waals surface area contributed by atoms with Gasteiger partial charge in [0, 0.05) is 55.8 Å². The summed E-state index contributed by atoms with van der Waals surface area (Å²) in [5, 5.41) is 30.3. The van der Waals surface area contributed by atoms with Gasteiger partial charge in [-0.2, -0.15) is 36.8 Å². The number of benzene rings is 2. The molecule has 1 aliphatic heterocycles. The summed E-state index contributed by atoms with van der Waals surface area (Å²) in [6.07, 6.45) is 8.51. The van der Waals surface area contributed by atoms with Crippen molar-refractivity contribution in [1.82, 2.24) is 19.4 Å². The number of fused-ring (bicyclic) bond motifs is 2. The SMILES string of the molecule is Cc1cc2ncc(C#N)c(Cl)c2cc1C.Cc1cc2ncc(C#N)c(N3CCCC(F)(CNS(N)(=O)=O)CC3)c2cc1C.Cl.NS(=O)(=O)NCC1(F)CCCCCC1. The van der Waals surface area contributed by atoms with Gasteiger partial charge in [0.25, 0.3) is 20.4 Å². The molecule has 19 heteroatoms. The summed E-state index contributed by atoms with van der Waals surface area (Å²) in [6.45, 7) is 8.46. The second kappa shape index (κ2) is 20.5. The standard InChI is InChI=1S/C19H24FN5O2S.C12H9ClN2.C8H17FN2O2S.ClH/c1-13-8-16-17(9-14(13)2)23-11-15(10-21)18(16)25-6-3-4-19(20,5-7-25)12-24-28(22,26)27;1-7-3-10-11(4-8(7)2)15-6-9(5-14)12(10)13;9-8(7-11-14(10,12)13)5-3-1-2-4-6-8;/h8-9,11,24H,3-7,12H2,1-2H3,(H2,22,26,27);3-4,6H,1-2H3;11H,1-7H2,(H2,10,12,13);1H. The van der Waals surface area contributed by atoms with Gasteiger partial charge in [0.15, 0.2) is 0 Å². The van der Waals surface area contributed by atoms with Crippen molar-refractivity contribution in [2.45, 2.75) is 96.8 Å². The molecule has 0 spiro atoms. The highest BCUT2D eigenvalue weighted by atomic mass is 35.5. The van der Waals surface area contributed by atoms with Gasteiger partial charge >= 0.3 is 0 Å². The molecule has 4 aromatic rings. The predicted octanol–water partition coefficient (Wildman–Crippen LogP) is 6.86. The molecule has 0 amide bonds. The lowest BCUT2D eigenvalue weighted by Crippen LogP contribution is -2.43. The summed E-state index contributed by atoms with van der Waals surface area (Å²) >= 11 is 6.10. The zero-order valence-electron chi connectivity index (χ0n) is 33.0. The summed E-state index contributed by atoms with van der Waals surface area (Å²) in [5.41, 5.74) is 4.73. The third-order valence-electron chi connectivity index (χ3n) is 10.5. The van der Waals surface area contributed by atoms with E-state index in [9.17, 15) is 26.5 Å². The molecule has 1 unspecified atom stereocenters. The Labute approximate surface area is 351 Å². The quantitative estimate of drug-likeness (QED) is 0.142. The van der Waals surface area contributed by atoms with Crippen molar-refractivity contribution in [2.24, 2.45) is 10.3 Å². The largest absolute Gasteiger partial charge is 0.370 e. The van der Waals surface area contributed by atoms with Gasteiger partial charge in [-0.1, -0.05) is 37.3 Å². The first-order chi connectivity index (χ1) is 26.7. The molecule has 316 valence electrons. The molecular weight excluding hydrogens is 832 g/mol. The number of rotatable bonds is 7. The molecule has 1 saturated heterocycles. The van der Waals surface area contributed by atoms with Crippen LogP contribution in [0.5, 0.6) is 0 Å². The number of halogens is 4. The number of nitrogens with zero attached hydrogens (tertiary/aromatic N) is 5. The maximum absolute atomic E-state index is 15.2. The highest BCUT2D eigenvalue weighted by Crippen LogP contribution is 2.35. The summed E-state index contributed by atoms with van der Waals surface area (Å²) in [4.78, 5) is 10.6. The van der Waals surface area contributed by atoms with Crippen molar-refractivity contribution >= 4 is 71.9 Å². The van der Waals surface area contributed by atoms with E-state index in [1.165, 1.54) is 11.8 Å². The minimum absolute atomic E-state index is 0. The minimum atomic E-state index is -3.94. The summed E-state index contributed by atoms with van der Waals surface area (Å²) in [6, 6.07) is 12.2. The number of pyridine rings is 2. The Balaban J connectivity index is 0.000000254. The fraction of sp³-hybridized carbons (Fsp3) is 0.487. The number of aromatic nitrogens is 2. The Kier molecular flexibility index (Phi) is 17.1. The van der Waals surface area contributed by atoms with Crippen molar-refractivity contribution in [1.29, 1.82) is 10.5 Å². The topological polar surface area (TPSA) is 221 Å². The normalized spacial score (nSPS) is 18.2. The number of aryl methyl sites for hydroxylation is 4. The number of nitrogens with two attached hydrogens (primary N) is 2. The van der Waals surface area contributed by atoms with E-state index in [-0.39, 0.29) is 38.3 Å². The maximum Gasteiger partial charge on any atom is 0.274 e. The summed E-state index contributed by atoms with van der Waals surface area (Å²) in [5.74, 6) is 0. The Morgan fingerprint density at radius 1 is 0.707 bits per heavy atom. The highest BCUT2D eigenvalue weighted by Gasteiger charge is 2.34. The third-order valence-corrected chi connectivity index (χ3v) is 12.0. The van der Waals surface area contributed by atoms with Crippen LogP contribution >= 0.6 is 24.0 Å². The monoisotopic (exact) mass is 881 g/mol. The van der Waals surface area contributed by atoms with Gasteiger partial charge < -0.3 is 4.90 Å². The van der Waals surface area contributed by atoms with Crippen LogP contribution in [0.15, 0.2) is 36.7 Å². The number of nitrogens with one attached hydrogen (secondary N) is 2. The molecule has 2 fully saturated rings. The van der Waals surface area contributed by atoms with Gasteiger partial charge in [0.1, 0.15) is 23.5 Å². The highest BCUT2D eigenvalue weighted by molar-refractivity contribution is 7.87. The number of alkyl halides is 2. The van der Waals surface area contributed by atoms with Crippen molar-refractivity contribution in [3.63, 3.8) is 0 Å². The predicted molar refractivity (Wildman–Crippen MR) is 228 cm³/mol. The lowest BCUT2D eigenvalue weighted by molar-refractivity contribution is 0.145. The van der Waals surface area contributed by atoms with Crippen molar-refractivity contribution < 1.29 is 25.6 Å². The molecule has 0 radical (unpaired) electrons. The van der Waals surface area contributed by atoms with Crippen LogP contribution in [0.3, 0.4) is 0 Å². The molecule has 2 aliphatic rings. The maximum atomic E-state index is 15.2. The molecule has 3 heterocycles. The van der Waals surface area contributed by atoms with Crippen molar-refractivity contribution in [3.05, 3.63) is 75.1 Å². The van der Waals surface area contributed by atoms with Gasteiger partial charge in [-0.15, -0.1) is 12.4 Å².